The lowest BCUT2D eigenvalue weighted by atomic mass is 10.1. The largest absolute Gasteiger partial charge is 0.506 e. The average molecular weight is 307 g/mol. The summed E-state index contributed by atoms with van der Waals surface area (Å²) in [5.41, 5.74) is 2.09. The molecule has 0 unspecified atom stereocenters. The van der Waals surface area contributed by atoms with Crippen LogP contribution >= 0.6 is 0 Å². The second kappa shape index (κ2) is 5.61. The van der Waals surface area contributed by atoms with Gasteiger partial charge in [-0.3, -0.25) is 9.59 Å². The van der Waals surface area contributed by atoms with E-state index in [1.807, 2.05) is 0 Å². The van der Waals surface area contributed by atoms with Gasteiger partial charge in [0.05, 0.1) is 6.26 Å². The number of amides is 1. The summed E-state index contributed by atoms with van der Waals surface area (Å²) in [7, 11) is 0. The number of hydrazone groups is 1. The zero-order valence-electron chi connectivity index (χ0n) is 11.6. The first-order valence-electron chi connectivity index (χ1n) is 6.53. The van der Waals surface area contributed by atoms with Crippen LogP contribution in [0.1, 0.15) is 26.5 Å². The van der Waals surface area contributed by atoms with Gasteiger partial charge in [-0.2, -0.15) is 10.4 Å². The predicted molar refractivity (Wildman–Crippen MR) is 79.5 cm³/mol. The summed E-state index contributed by atoms with van der Waals surface area (Å²) in [6, 6.07) is 11.1. The minimum Gasteiger partial charge on any atom is -0.506 e. The van der Waals surface area contributed by atoms with Gasteiger partial charge in [-0.25, -0.2) is 5.43 Å². The van der Waals surface area contributed by atoms with Gasteiger partial charge in [0.15, 0.2) is 11.5 Å². The molecule has 23 heavy (non-hydrogen) atoms. The van der Waals surface area contributed by atoms with E-state index in [1.54, 1.807) is 24.3 Å². The van der Waals surface area contributed by atoms with Crippen LogP contribution < -0.4 is 5.43 Å². The molecule has 3 rings (SSSR count). The second-order valence-corrected chi connectivity index (χ2v) is 4.59. The first kappa shape index (κ1) is 14.3. The summed E-state index contributed by atoms with van der Waals surface area (Å²) in [5, 5.41) is 23.0. The van der Waals surface area contributed by atoms with E-state index in [0.717, 1.165) is 0 Å². The standard InChI is InChI=1S/C16H9N3O4/c17-8-11(18-19-16(22)12-6-3-7-23-12)13-14(20)9-4-1-2-5-10(9)15(13)21/h1-7,20H,(H,19,22)/b18-11+. The lowest BCUT2D eigenvalue weighted by molar-refractivity contribution is 0.0926. The van der Waals surface area contributed by atoms with Gasteiger partial charge in [0.1, 0.15) is 17.4 Å². The number of furan rings is 1. The molecular weight excluding hydrogens is 298 g/mol. The number of ketones is 1. The number of carbonyl (C=O) groups excluding carboxylic acids is 2. The summed E-state index contributed by atoms with van der Waals surface area (Å²) in [5.74, 6) is -1.53. The van der Waals surface area contributed by atoms with Crippen LogP contribution in [0.5, 0.6) is 0 Å². The lowest BCUT2D eigenvalue weighted by Crippen LogP contribution is -2.20. The van der Waals surface area contributed by atoms with Crippen molar-refractivity contribution >= 4 is 23.2 Å². The van der Waals surface area contributed by atoms with Crippen LogP contribution in [0.4, 0.5) is 0 Å². The molecule has 7 heteroatoms. The Hall–Kier alpha value is -3.66. The SMILES string of the molecule is N#C/C(=N\NC(=O)c1ccco1)C1=C(O)c2ccccc2C1=O. The van der Waals surface area contributed by atoms with Gasteiger partial charge in [0.2, 0.25) is 5.78 Å². The van der Waals surface area contributed by atoms with Crippen LogP contribution in [-0.2, 0) is 0 Å². The molecule has 0 radical (unpaired) electrons. The molecule has 0 saturated carbocycles. The third kappa shape index (κ3) is 2.38. The molecule has 1 aliphatic rings. The number of aliphatic hydroxyl groups excluding tert-OH is 1. The molecule has 1 aromatic carbocycles. The highest BCUT2D eigenvalue weighted by Crippen LogP contribution is 2.31. The first-order valence-corrected chi connectivity index (χ1v) is 6.53. The molecule has 0 bridgehead atoms. The molecule has 0 aliphatic heterocycles. The number of Topliss-reactive ketones (excluding diaryl/α,β-unsaturated/α-hetero) is 1. The minimum absolute atomic E-state index is 0.00489. The van der Waals surface area contributed by atoms with E-state index in [2.05, 4.69) is 10.5 Å². The number of hydrogen-bond donors (Lipinski definition) is 2. The van der Waals surface area contributed by atoms with Crippen LogP contribution in [0.2, 0.25) is 0 Å². The highest BCUT2D eigenvalue weighted by Gasteiger charge is 2.33. The molecule has 7 nitrogen and oxygen atoms in total. The maximum Gasteiger partial charge on any atom is 0.307 e. The highest BCUT2D eigenvalue weighted by atomic mass is 16.3. The van der Waals surface area contributed by atoms with Crippen molar-refractivity contribution in [1.29, 1.82) is 5.26 Å². The third-order valence-corrected chi connectivity index (χ3v) is 3.25. The van der Waals surface area contributed by atoms with Crippen molar-refractivity contribution in [3.8, 4) is 6.07 Å². The van der Waals surface area contributed by atoms with Crippen molar-refractivity contribution < 1.29 is 19.1 Å². The topological polar surface area (TPSA) is 116 Å². The molecule has 1 amide bonds. The van der Waals surface area contributed by atoms with E-state index in [9.17, 15) is 20.0 Å². The highest BCUT2D eigenvalue weighted by molar-refractivity contribution is 6.39. The monoisotopic (exact) mass is 307 g/mol. The van der Waals surface area contributed by atoms with Crippen LogP contribution in [0.25, 0.3) is 5.76 Å². The fourth-order valence-electron chi connectivity index (χ4n) is 2.19. The van der Waals surface area contributed by atoms with E-state index in [0.29, 0.717) is 5.56 Å². The summed E-state index contributed by atoms with van der Waals surface area (Å²) in [6.45, 7) is 0. The fourth-order valence-corrected chi connectivity index (χ4v) is 2.19. The second-order valence-electron chi connectivity index (χ2n) is 4.59. The van der Waals surface area contributed by atoms with Gasteiger partial charge in [-0.05, 0) is 12.1 Å². The van der Waals surface area contributed by atoms with Gasteiger partial charge < -0.3 is 9.52 Å². The van der Waals surface area contributed by atoms with Gasteiger partial charge in [-0.15, -0.1) is 0 Å². The molecule has 1 heterocycles. The number of hydrogen-bond acceptors (Lipinski definition) is 6. The van der Waals surface area contributed by atoms with Crippen LogP contribution in [0, 0.1) is 11.3 Å². The molecule has 2 N–H and O–H groups in total. The molecule has 0 spiro atoms. The number of nitrogens with one attached hydrogen (secondary N) is 1. The number of nitriles is 1. The zero-order chi connectivity index (χ0) is 16.4. The summed E-state index contributed by atoms with van der Waals surface area (Å²) in [4.78, 5) is 24.0. The van der Waals surface area contributed by atoms with Crippen molar-refractivity contribution in [2.24, 2.45) is 5.10 Å². The van der Waals surface area contributed by atoms with E-state index in [1.165, 1.54) is 24.5 Å². The van der Waals surface area contributed by atoms with Gasteiger partial charge >= 0.3 is 5.91 Å². The Balaban J connectivity index is 1.92. The summed E-state index contributed by atoms with van der Waals surface area (Å²) in [6.07, 6.45) is 1.31. The molecule has 2 aromatic rings. The summed E-state index contributed by atoms with van der Waals surface area (Å²) < 4.78 is 4.89. The van der Waals surface area contributed by atoms with Crippen LogP contribution in [0.3, 0.4) is 0 Å². The third-order valence-electron chi connectivity index (χ3n) is 3.25. The van der Waals surface area contributed by atoms with Crippen molar-refractivity contribution in [2.75, 3.05) is 0 Å². The molecular formula is C16H9N3O4. The number of aliphatic hydroxyl groups is 1. The quantitative estimate of drug-likeness (QED) is 0.665. The molecule has 1 aromatic heterocycles. The van der Waals surface area contributed by atoms with E-state index in [4.69, 9.17) is 4.42 Å². The lowest BCUT2D eigenvalue weighted by Gasteiger charge is -2.00. The smallest absolute Gasteiger partial charge is 0.307 e. The van der Waals surface area contributed by atoms with E-state index >= 15 is 0 Å². The minimum atomic E-state index is -0.675. The van der Waals surface area contributed by atoms with Gasteiger partial charge in [-0.1, -0.05) is 24.3 Å². The number of nitrogens with zero attached hydrogens (tertiary/aromatic N) is 2. The molecule has 0 fully saturated rings. The van der Waals surface area contributed by atoms with E-state index < -0.39 is 11.7 Å². The Morgan fingerprint density at radius 1 is 1.22 bits per heavy atom. The van der Waals surface area contributed by atoms with Crippen LogP contribution in [-0.4, -0.2) is 22.5 Å². The maximum absolute atomic E-state index is 12.3. The Kier molecular flexibility index (Phi) is 3.49. The average Bonchev–Trinajstić information content (AvgIpc) is 3.18. The molecule has 112 valence electrons. The number of allylic oxidation sites excluding steroid dienone is 1. The van der Waals surface area contributed by atoms with Crippen LogP contribution in [0.15, 0.2) is 57.8 Å². The fraction of sp³-hybridized carbons (Fsp3) is 0. The van der Waals surface area contributed by atoms with Crippen molar-refractivity contribution in [3.05, 3.63) is 65.1 Å². The number of rotatable bonds is 3. The van der Waals surface area contributed by atoms with Gasteiger partial charge in [0, 0.05) is 11.1 Å². The number of benzene rings is 1. The maximum atomic E-state index is 12.3. The van der Waals surface area contributed by atoms with Crippen molar-refractivity contribution in [3.63, 3.8) is 0 Å². The van der Waals surface area contributed by atoms with Crippen molar-refractivity contribution in [1.82, 2.24) is 5.43 Å². The zero-order valence-corrected chi connectivity index (χ0v) is 11.6. The normalized spacial score (nSPS) is 13.7. The van der Waals surface area contributed by atoms with Gasteiger partial charge in [0.25, 0.3) is 0 Å². The summed E-state index contributed by atoms with van der Waals surface area (Å²) >= 11 is 0. The van der Waals surface area contributed by atoms with E-state index in [-0.39, 0.29) is 28.4 Å². The Labute approximate surface area is 130 Å². The number of fused-ring (bicyclic) bond motifs is 1. The van der Waals surface area contributed by atoms with Crippen molar-refractivity contribution in [2.45, 2.75) is 0 Å². The Bertz CT molecular complexity index is 902. The predicted octanol–water partition coefficient (Wildman–Crippen LogP) is 2.05. The first-order chi connectivity index (χ1) is 11.1. The molecule has 0 saturated heterocycles. The Morgan fingerprint density at radius 3 is 2.57 bits per heavy atom. The number of carbonyl (C=O) groups is 2. The molecule has 0 atom stereocenters. The molecule has 1 aliphatic carbocycles. The Morgan fingerprint density at radius 2 is 1.96 bits per heavy atom.